The van der Waals surface area contributed by atoms with Gasteiger partial charge in [0.05, 0.1) is 34.4 Å². The fraction of sp³-hybridized carbons (Fsp3) is 0.896. The SMILES string of the molecule is CCCCCCC/C=C\C/C=C\CCCCCCCCCCCCCCCC(=O)OC(COCCCCCCCCCCCC)COP(=O)(O)OCC[N+](C)(C)C. The van der Waals surface area contributed by atoms with Crippen molar-refractivity contribution in [2.75, 3.05) is 54.1 Å². The zero-order valence-corrected chi connectivity index (χ0v) is 39.2. The van der Waals surface area contributed by atoms with E-state index >= 15 is 0 Å². The number of hydrogen-bond donors (Lipinski definition) is 1. The summed E-state index contributed by atoms with van der Waals surface area (Å²) in [6.07, 6.45) is 47.9. The molecular weight excluding hydrogens is 734 g/mol. The largest absolute Gasteiger partial charge is 0.472 e. The first-order valence-electron chi connectivity index (χ1n) is 24.1. The van der Waals surface area contributed by atoms with Crippen LogP contribution >= 0.6 is 7.82 Å². The topological polar surface area (TPSA) is 91.3 Å². The maximum absolute atomic E-state index is 12.7. The highest BCUT2D eigenvalue weighted by Crippen LogP contribution is 2.43. The van der Waals surface area contributed by atoms with Gasteiger partial charge in [0.1, 0.15) is 19.3 Å². The predicted octanol–water partition coefficient (Wildman–Crippen LogP) is 14.4. The first kappa shape index (κ1) is 56.0. The fourth-order valence-corrected chi connectivity index (χ4v) is 7.50. The number of phosphoric acid groups is 1. The Hall–Kier alpha value is -1.02. The summed E-state index contributed by atoms with van der Waals surface area (Å²) in [7, 11) is 1.68. The first-order valence-corrected chi connectivity index (χ1v) is 25.6. The smallest absolute Gasteiger partial charge is 0.457 e. The Kier molecular flexibility index (Phi) is 41.0. The number of allylic oxidation sites excluding steroid dienone is 4. The molecule has 0 saturated heterocycles. The van der Waals surface area contributed by atoms with Crippen LogP contribution in [-0.4, -0.2) is 75.6 Å². The normalized spacial score (nSPS) is 13.9. The zero-order valence-electron chi connectivity index (χ0n) is 38.3. The summed E-state index contributed by atoms with van der Waals surface area (Å²) in [6, 6.07) is 0. The number of phosphoric ester groups is 1. The molecule has 0 heterocycles. The molecule has 2 unspecified atom stereocenters. The quantitative estimate of drug-likeness (QED) is 0.0215. The fourth-order valence-electron chi connectivity index (χ4n) is 6.76. The Morgan fingerprint density at radius 3 is 1.42 bits per heavy atom. The summed E-state index contributed by atoms with van der Waals surface area (Å²) in [5.41, 5.74) is 0. The monoisotopic (exact) mass is 829 g/mol. The highest BCUT2D eigenvalue weighted by molar-refractivity contribution is 7.47. The lowest BCUT2D eigenvalue weighted by atomic mass is 10.0. The molecule has 1 N–H and O–H groups in total. The van der Waals surface area contributed by atoms with Crippen molar-refractivity contribution in [3.05, 3.63) is 24.3 Å². The van der Waals surface area contributed by atoms with Crippen molar-refractivity contribution >= 4 is 13.8 Å². The average Bonchev–Trinajstić information content (AvgIpc) is 3.16. The number of ether oxygens (including phenoxy) is 2. The van der Waals surface area contributed by atoms with E-state index in [4.69, 9.17) is 18.5 Å². The molecule has 0 aliphatic rings. The summed E-state index contributed by atoms with van der Waals surface area (Å²) < 4.78 is 35.0. The Bertz CT molecular complexity index is 967. The highest BCUT2D eigenvalue weighted by atomic mass is 31.2. The molecule has 0 aliphatic heterocycles. The van der Waals surface area contributed by atoms with Crippen LogP contribution in [0.2, 0.25) is 0 Å². The first-order chi connectivity index (χ1) is 27.6. The van der Waals surface area contributed by atoms with E-state index in [0.717, 1.165) is 38.5 Å². The maximum Gasteiger partial charge on any atom is 0.472 e. The molecule has 0 aromatic heterocycles. The van der Waals surface area contributed by atoms with E-state index in [2.05, 4.69) is 38.2 Å². The minimum atomic E-state index is -4.27. The van der Waals surface area contributed by atoms with Crippen LogP contribution in [0.5, 0.6) is 0 Å². The summed E-state index contributed by atoms with van der Waals surface area (Å²) in [6.45, 7) is 5.64. The summed E-state index contributed by atoms with van der Waals surface area (Å²) in [5.74, 6) is -0.312. The van der Waals surface area contributed by atoms with E-state index < -0.39 is 13.9 Å². The minimum absolute atomic E-state index is 0.0908. The molecule has 0 saturated carbocycles. The van der Waals surface area contributed by atoms with Crippen LogP contribution in [0.4, 0.5) is 0 Å². The van der Waals surface area contributed by atoms with Crippen LogP contribution in [0.15, 0.2) is 24.3 Å². The molecule has 2 atom stereocenters. The van der Waals surface area contributed by atoms with Crippen molar-refractivity contribution < 1.29 is 37.3 Å². The van der Waals surface area contributed by atoms with Gasteiger partial charge in [0, 0.05) is 13.0 Å². The van der Waals surface area contributed by atoms with E-state index in [1.165, 1.54) is 161 Å². The molecule has 0 aromatic rings. The Morgan fingerprint density at radius 2 is 0.965 bits per heavy atom. The third-order valence-corrected chi connectivity index (χ3v) is 11.5. The van der Waals surface area contributed by atoms with Gasteiger partial charge in [-0.05, 0) is 44.9 Å². The lowest BCUT2D eigenvalue weighted by Gasteiger charge is -2.24. The lowest BCUT2D eigenvalue weighted by Crippen LogP contribution is -2.37. The number of esters is 1. The number of rotatable bonds is 45. The molecule has 0 aromatic carbocycles. The van der Waals surface area contributed by atoms with Gasteiger partial charge in [-0.1, -0.05) is 192 Å². The lowest BCUT2D eigenvalue weighted by molar-refractivity contribution is -0.870. The molecule has 0 rings (SSSR count). The van der Waals surface area contributed by atoms with Crippen molar-refractivity contribution in [3.8, 4) is 0 Å². The van der Waals surface area contributed by atoms with E-state index in [9.17, 15) is 14.3 Å². The number of carbonyl (C=O) groups is 1. The molecule has 0 aliphatic carbocycles. The van der Waals surface area contributed by atoms with Crippen LogP contribution in [0.3, 0.4) is 0 Å². The second-order valence-corrected chi connectivity index (χ2v) is 19.0. The van der Waals surface area contributed by atoms with Crippen LogP contribution in [0.1, 0.15) is 219 Å². The molecular formula is C48H95NO7P+. The molecule has 0 amide bonds. The van der Waals surface area contributed by atoms with Gasteiger partial charge >= 0.3 is 13.8 Å². The number of unbranched alkanes of at least 4 members (excludes halogenated alkanes) is 27. The third kappa shape index (κ3) is 45.9. The van der Waals surface area contributed by atoms with Gasteiger partial charge in [0.25, 0.3) is 0 Å². The molecule has 0 spiro atoms. The van der Waals surface area contributed by atoms with Crippen LogP contribution in [0.25, 0.3) is 0 Å². The van der Waals surface area contributed by atoms with Gasteiger partial charge in [-0.25, -0.2) is 4.57 Å². The van der Waals surface area contributed by atoms with Crippen molar-refractivity contribution in [1.29, 1.82) is 0 Å². The number of likely N-dealkylation sites (N-methyl/N-ethyl adjacent to an activating group) is 1. The number of carbonyl (C=O) groups excluding carboxylic acids is 1. The standard InChI is InChI=1S/C48H94NO7P/c1-6-8-10-12-14-16-18-19-20-21-22-23-24-25-26-27-28-29-30-31-32-33-35-37-39-41-48(50)56-47(46-55-57(51,52)54-44-42-49(3,4)5)45-53-43-40-38-36-34-17-15-13-11-9-7-2/h18-19,21-22,47H,6-17,20,23-46H2,1-5H3/p+1/b19-18-,22-21-. The van der Waals surface area contributed by atoms with E-state index in [-0.39, 0.29) is 25.8 Å². The van der Waals surface area contributed by atoms with E-state index in [1.807, 2.05) is 21.1 Å². The van der Waals surface area contributed by atoms with Crippen LogP contribution in [-0.2, 0) is 27.9 Å². The highest BCUT2D eigenvalue weighted by Gasteiger charge is 2.26. The number of hydrogen-bond acceptors (Lipinski definition) is 6. The van der Waals surface area contributed by atoms with Gasteiger partial charge in [-0.15, -0.1) is 0 Å². The minimum Gasteiger partial charge on any atom is -0.457 e. The molecule has 0 fully saturated rings. The van der Waals surface area contributed by atoms with Crippen molar-refractivity contribution in [2.45, 2.75) is 225 Å². The Balaban J connectivity index is 4.03. The Labute approximate surface area is 353 Å². The number of nitrogens with zero attached hydrogens (tertiary/aromatic N) is 1. The molecule has 0 bridgehead atoms. The maximum atomic E-state index is 12.7. The van der Waals surface area contributed by atoms with Crippen LogP contribution < -0.4 is 0 Å². The molecule has 338 valence electrons. The van der Waals surface area contributed by atoms with Gasteiger partial charge in [0.15, 0.2) is 0 Å². The molecule has 57 heavy (non-hydrogen) atoms. The second kappa shape index (κ2) is 41.7. The van der Waals surface area contributed by atoms with E-state index in [1.54, 1.807) is 0 Å². The average molecular weight is 829 g/mol. The zero-order chi connectivity index (χ0) is 42.0. The molecule has 9 heteroatoms. The van der Waals surface area contributed by atoms with Crippen molar-refractivity contribution in [3.63, 3.8) is 0 Å². The predicted molar refractivity (Wildman–Crippen MR) is 243 cm³/mol. The van der Waals surface area contributed by atoms with Gasteiger partial charge in [0.2, 0.25) is 0 Å². The van der Waals surface area contributed by atoms with Crippen LogP contribution in [0, 0.1) is 0 Å². The third-order valence-electron chi connectivity index (χ3n) is 10.5. The Morgan fingerprint density at radius 1 is 0.544 bits per heavy atom. The van der Waals surface area contributed by atoms with Gasteiger partial charge in [-0.3, -0.25) is 13.8 Å². The van der Waals surface area contributed by atoms with Gasteiger partial charge in [-0.2, -0.15) is 0 Å². The summed E-state index contributed by atoms with van der Waals surface area (Å²) in [4.78, 5) is 22.9. The summed E-state index contributed by atoms with van der Waals surface area (Å²) >= 11 is 0. The van der Waals surface area contributed by atoms with Gasteiger partial charge < -0.3 is 18.9 Å². The molecule has 0 radical (unpaired) electrons. The van der Waals surface area contributed by atoms with Crippen molar-refractivity contribution in [2.24, 2.45) is 0 Å². The number of quaternary nitrogens is 1. The summed E-state index contributed by atoms with van der Waals surface area (Å²) in [5, 5.41) is 0. The molecule has 8 nitrogen and oxygen atoms in total. The second-order valence-electron chi connectivity index (χ2n) is 17.5. The van der Waals surface area contributed by atoms with Crippen molar-refractivity contribution in [1.82, 2.24) is 0 Å². The van der Waals surface area contributed by atoms with E-state index in [0.29, 0.717) is 24.1 Å².